The molecule has 0 fully saturated rings. The number of nitro groups is 1. The van der Waals surface area contributed by atoms with Crippen molar-refractivity contribution < 1.29 is 27.7 Å². The Kier molecular flexibility index (Phi) is 7.32. The average Bonchev–Trinajstić information content (AvgIpc) is 2.67. The number of carbonyl (C=O) groups is 2. The number of halogens is 1. The van der Waals surface area contributed by atoms with Gasteiger partial charge in [-0.05, 0) is 36.8 Å². The zero-order valence-corrected chi connectivity index (χ0v) is 17.1. The summed E-state index contributed by atoms with van der Waals surface area (Å²) in [6.07, 6.45) is 0. The number of rotatable bonds is 8. The van der Waals surface area contributed by atoms with Crippen LogP contribution in [0.3, 0.4) is 0 Å². The molecule has 0 aliphatic carbocycles. The number of aryl methyl sites for hydroxylation is 1. The molecule has 0 aliphatic heterocycles. The second kappa shape index (κ2) is 9.52. The molecule has 2 rings (SSSR count). The van der Waals surface area contributed by atoms with E-state index >= 15 is 0 Å². The van der Waals surface area contributed by atoms with Crippen LogP contribution in [0.4, 0.5) is 17.1 Å². The molecule has 30 heavy (non-hydrogen) atoms. The van der Waals surface area contributed by atoms with Crippen LogP contribution in [0.2, 0.25) is 5.02 Å². The molecule has 0 aromatic heterocycles. The van der Waals surface area contributed by atoms with Gasteiger partial charge in [-0.3, -0.25) is 19.7 Å². The quantitative estimate of drug-likeness (QED) is 0.232. The fourth-order valence-corrected chi connectivity index (χ4v) is 3.46. The zero-order valence-electron chi connectivity index (χ0n) is 15.5. The van der Waals surface area contributed by atoms with Gasteiger partial charge in [0.05, 0.1) is 20.5 Å². The number of amides is 1. The van der Waals surface area contributed by atoms with E-state index < -0.39 is 50.6 Å². The highest BCUT2D eigenvalue weighted by molar-refractivity contribution is 7.89. The molecule has 11 nitrogen and oxygen atoms in total. The van der Waals surface area contributed by atoms with Crippen LogP contribution in [0.15, 0.2) is 41.3 Å². The summed E-state index contributed by atoms with van der Waals surface area (Å²) in [7, 11) is -4.25. The summed E-state index contributed by atoms with van der Waals surface area (Å²) >= 11 is 5.99. The molecule has 0 saturated carbocycles. The first-order chi connectivity index (χ1) is 14.0. The molecule has 0 heterocycles. The first-order valence-corrected chi connectivity index (χ1v) is 10.1. The molecule has 13 heteroatoms. The molecule has 2 aromatic carbocycles. The van der Waals surface area contributed by atoms with Crippen molar-refractivity contribution in [3.8, 4) is 0 Å². The number of esters is 1. The van der Waals surface area contributed by atoms with Gasteiger partial charge in [-0.15, -0.1) is 0 Å². The number of benzene rings is 2. The zero-order chi connectivity index (χ0) is 22.5. The van der Waals surface area contributed by atoms with Gasteiger partial charge in [0.25, 0.3) is 11.6 Å². The van der Waals surface area contributed by atoms with E-state index in [4.69, 9.17) is 22.1 Å². The summed E-state index contributed by atoms with van der Waals surface area (Å²) in [6, 6.07) is 7.82. The second-order valence-corrected chi connectivity index (χ2v) is 8.17. The van der Waals surface area contributed by atoms with E-state index in [2.05, 4.69) is 5.32 Å². The summed E-state index contributed by atoms with van der Waals surface area (Å²) in [4.78, 5) is 33.2. The Hall–Kier alpha value is -3.22. The Labute approximate surface area is 176 Å². The van der Waals surface area contributed by atoms with E-state index in [-0.39, 0.29) is 5.69 Å². The number of nitrogens with two attached hydrogens (primary N) is 1. The summed E-state index contributed by atoms with van der Waals surface area (Å²) in [5.74, 6) is -1.71. The van der Waals surface area contributed by atoms with E-state index in [1.54, 1.807) is 18.2 Å². The molecule has 0 saturated heterocycles. The van der Waals surface area contributed by atoms with Crippen molar-refractivity contribution in [3.63, 3.8) is 0 Å². The Bertz CT molecular complexity index is 1110. The summed E-state index contributed by atoms with van der Waals surface area (Å²) in [5, 5.41) is 13.6. The Morgan fingerprint density at radius 1 is 1.23 bits per heavy atom. The molecular weight excluding hydrogens is 440 g/mol. The number of nitro benzene ring substituents is 1. The predicted octanol–water partition coefficient (Wildman–Crippen LogP) is 1.60. The van der Waals surface area contributed by atoms with E-state index in [0.29, 0.717) is 10.7 Å². The topological polar surface area (TPSA) is 171 Å². The van der Waals surface area contributed by atoms with Crippen LogP contribution < -0.4 is 15.8 Å². The van der Waals surface area contributed by atoms with Crippen molar-refractivity contribution >= 4 is 50.6 Å². The number of nitrogens with zero attached hydrogens (tertiary/aromatic N) is 1. The summed E-state index contributed by atoms with van der Waals surface area (Å²) < 4.78 is 31.0. The fraction of sp³-hybridized carbons (Fsp3) is 0.176. The molecule has 2 aromatic rings. The highest BCUT2D eigenvalue weighted by Crippen LogP contribution is 2.25. The molecule has 0 aliphatic rings. The molecule has 1 amide bonds. The summed E-state index contributed by atoms with van der Waals surface area (Å²) in [6.45, 7) is 0.361. The largest absolute Gasteiger partial charge is 0.455 e. The van der Waals surface area contributed by atoms with Crippen molar-refractivity contribution in [2.45, 2.75) is 11.8 Å². The van der Waals surface area contributed by atoms with Crippen LogP contribution in [-0.4, -0.2) is 38.4 Å². The van der Waals surface area contributed by atoms with Gasteiger partial charge in [-0.25, -0.2) is 8.42 Å². The van der Waals surface area contributed by atoms with Crippen LogP contribution in [-0.2, 0) is 24.3 Å². The monoisotopic (exact) mass is 456 g/mol. The van der Waals surface area contributed by atoms with E-state index in [1.165, 1.54) is 0 Å². The standard InChI is InChI=1S/C17H17ClN4O7S/c1-10-2-5-14(12(18)6-10)21-16(23)9-29-17(24)8-20-30(27,28)11-3-4-13(19)15(7-11)22(25)26/h2-7,20H,8-9,19H2,1H3,(H,21,23). The van der Waals surface area contributed by atoms with Crippen molar-refractivity contribution in [1.29, 1.82) is 0 Å². The third kappa shape index (κ3) is 6.14. The Morgan fingerprint density at radius 3 is 2.57 bits per heavy atom. The van der Waals surface area contributed by atoms with Gasteiger partial charge >= 0.3 is 5.97 Å². The molecule has 0 bridgehead atoms. The van der Waals surface area contributed by atoms with Crippen molar-refractivity contribution in [2.75, 3.05) is 24.2 Å². The van der Waals surface area contributed by atoms with Crippen LogP contribution >= 0.6 is 11.6 Å². The lowest BCUT2D eigenvalue weighted by Gasteiger charge is -2.09. The molecule has 0 radical (unpaired) electrons. The molecule has 160 valence electrons. The predicted molar refractivity (Wildman–Crippen MR) is 108 cm³/mol. The van der Waals surface area contributed by atoms with E-state index in [9.17, 15) is 28.1 Å². The lowest BCUT2D eigenvalue weighted by molar-refractivity contribution is -0.384. The first-order valence-electron chi connectivity index (χ1n) is 8.25. The normalized spacial score (nSPS) is 11.0. The van der Waals surface area contributed by atoms with E-state index in [1.807, 2.05) is 11.6 Å². The number of nitrogen functional groups attached to an aromatic ring is 1. The first kappa shape index (κ1) is 23.1. The minimum atomic E-state index is -4.25. The maximum absolute atomic E-state index is 12.2. The van der Waals surface area contributed by atoms with Crippen LogP contribution in [0.5, 0.6) is 0 Å². The minimum absolute atomic E-state index is 0.210. The van der Waals surface area contributed by atoms with E-state index in [0.717, 1.165) is 23.8 Å². The molecule has 0 atom stereocenters. The number of nitrogens with one attached hydrogen (secondary N) is 2. The molecule has 4 N–H and O–H groups in total. The Morgan fingerprint density at radius 2 is 1.93 bits per heavy atom. The Balaban J connectivity index is 1.90. The number of hydrogen-bond donors (Lipinski definition) is 3. The third-order valence-corrected chi connectivity index (χ3v) is 5.39. The fourth-order valence-electron chi connectivity index (χ4n) is 2.19. The van der Waals surface area contributed by atoms with Gasteiger partial charge < -0.3 is 15.8 Å². The van der Waals surface area contributed by atoms with Gasteiger partial charge in [-0.1, -0.05) is 17.7 Å². The highest BCUT2D eigenvalue weighted by atomic mass is 35.5. The van der Waals surface area contributed by atoms with Gasteiger partial charge in [0.1, 0.15) is 12.2 Å². The number of carbonyl (C=O) groups excluding carboxylic acids is 2. The highest BCUT2D eigenvalue weighted by Gasteiger charge is 2.21. The van der Waals surface area contributed by atoms with Gasteiger partial charge in [-0.2, -0.15) is 4.72 Å². The second-order valence-electron chi connectivity index (χ2n) is 5.99. The third-order valence-electron chi connectivity index (χ3n) is 3.68. The maximum Gasteiger partial charge on any atom is 0.321 e. The van der Waals surface area contributed by atoms with Gasteiger partial charge in [0.2, 0.25) is 10.0 Å². The van der Waals surface area contributed by atoms with Crippen LogP contribution in [0.1, 0.15) is 5.56 Å². The molecule has 0 unspecified atom stereocenters. The maximum atomic E-state index is 12.2. The molecular formula is C17H17ClN4O7S. The molecule has 0 spiro atoms. The number of anilines is 2. The van der Waals surface area contributed by atoms with Crippen molar-refractivity contribution in [2.24, 2.45) is 0 Å². The van der Waals surface area contributed by atoms with Crippen molar-refractivity contribution in [1.82, 2.24) is 4.72 Å². The average molecular weight is 457 g/mol. The smallest absolute Gasteiger partial charge is 0.321 e. The SMILES string of the molecule is Cc1ccc(NC(=O)COC(=O)CNS(=O)(=O)c2ccc(N)c([N+](=O)[O-])c2)c(Cl)c1. The lowest BCUT2D eigenvalue weighted by Crippen LogP contribution is -2.32. The number of hydrogen-bond acceptors (Lipinski definition) is 8. The lowest BCUT2D eigenvalue weighted by atomic mass is 10.2. The van der Waals surface area contributed by atoms with Crippen LogP contribution in [0.25, 0.3) is 0 Å². The van der Waals surface area contributed by atoms with Crippen LogP contribution in [0, 0.1) is 17.0 Å². The summed E-state index contributed by atoms with van der Waals surface area (Å²) in [5.41, 5.74) is 5.84. The number of sulfonamides is 1. The van der Waals surface area contributed by atoms with Crippen molar-refractivity contribution in [3.05, 3.63) is 57.1 Å². The van der Waals surface area contributed by atoms with Gasteiger partial charge in [0, 0.05) is 6.07 Å². The minimum Gasteiger partial charge on any atom is -0.455 e. The van der Waals surface area contributed by atoms with Gasteiger partial charge in [0.15, 0.2) is 6.61 Å². The number of ether oxygens (including phenoxy) is 1.